The molecule has 2 N–H and O–H groups in total. The van der Waals surface area contributed by atoms with Crippen LogP contribution in [0.4, 0.5) is 4.39 Å². The molecule has 0 bridgehead atoms. The van der Waals surface area contributed by atoms with Gasteiger partial charge in [-0.3, -0.25) is 0 Å². The number of aliphatic hydroxyl groups is 2. The Labute approximate surface area is 52.6 Å². The molecular formula is C6H9FO2. The highest BCUT2D eigenvalue weighted by atomic mass is 19.1. The van der Waals surface area contributed by atoms with Crippen molar-refractivity contribution in [1.82, 2.24) is 0 Å². The van der Waals surface area contributed by atoms with Crippen molar-refractivity contribution in [3.05, 3.63) is 11.9 Å². The van der Waals surface area contributed by atoms with E-state index in [1.165, 1.54) is 0 Å². The average Bonchev–Trinajstić information content (AvgIpc) is 2.15. The fourth-order valence-corrected chi connectivity index (χ4v) is 0.987. The van der Waals surface area contributed by atoms with Gasteiger partial charge in [0.1, 0.15) is 6.10 Å². The van der Waals surface area contributed by atoms with Crippen molar-refractivity contribution in [2.75, 3.05) is 0 Å². The Hall–Kier alpha value is -0.410. The lowest BCUT2D eigenvalue weighted by Crippen LogP contribution is -2.19. The molecule has 52 valence electrons. The van der Waals surface area contributed by atoms with E-state index in [2.05, 4.69) is 0 Å². The minimum atomic E-state index is -0.963. The van der Waals surface area contributed by atoms with Crippen molar-refractivity contribution in [2.24, 2.45) is 0 Å². The predicted octanol–water partition coefficient (Wildman–Crippen LogP) is 0.355. The molecule has 1 aliphatic rings. The smallest absolute Gasteiger partial charge is 0.103 e. The Morgan fingerprint density at radius 1 is 1.56 bits per heavy atom. The molecule has 0 aromatic heterocycles. The summed E-state index contributed by atoms with van der Waals surface area (Å²) in [4.78, 5) is 0. The van der Waals surface area contributed by atoms with Gasteiger partial charge in [0.05, 0.1) is 12.4 Å². The number of hydrogen-bond donors (Lipinski definition) is 2. The van der Waals surface area contributed by atoms with E-state index >= 15 is 0 Å². The van der Waals surface area contributed by atoms with Crippen LogP contribution in [0.25, 0.3) is 0 Å². The van der Waals surface area contributed by atoms with Crippen LogP contribution < -0.4 is 0 Å². The molecule has 0 radical (unpaired) electrons. The summed E-state index contributed by atoms with van der Waals surface area (Å²) in [7, 11) is 0. The summed E-state index contributed by atoms with van der Waals surface area (Å²) >= 11 is 0. The first-order valence-electron chi connectivity index (χ1n) is 2.91. The van der Waals surface area contributed by atoms with Gasteiger partial charge in [-0.15, -0.1) is 0 Å². The van der Waals surface area contributed by atoms with E-state index in [1.807, 2.05) is 0 Å². The Morgan fingerprint density at radius 2 is 2.22 bits per heavy atom. The number of rotatable bonds is 0. The van der Waals surface area contributed by atoms with Gasteiger partial charge in [0.15, 0.2) is 0 Å². The Morgan fingerprint density at radius 3 is 2.44 bits per heavy atom. The molecule has 9 heavy (non-hydrogen) atoms. The van der Waals surface area contributed by atoms with Crippen LogP contribution in [0, 0.1) is 0 Å². The third-order valence-corrected chi connectivity index (χ3v) is 1.61. The molecule has 0 heterocycles. The second kappa shape index (κ2) is 2.45. The molecule has 0 aliphatic heterocycles. The van der Waals surface area contributed by atoms with Crippen molar-refractivity contribution in [3.8, 4) is 0 Å². The molecule has 0 spiro atoms. The molecule has 0 amide bonds. The predicted molar refractivity (Wildman–Crippen MR) is 30.4 cm³/mol. The Kier molecular flexibility index (Phi) is 1.83. The fraction of sp³-hybridized carbons (Fsp3) is 0.667. The molecule has 1 fully saturated rings. The summed E-state index contributed by atoms with van der Waals surface area (Å²) in [6.07, 6.45) is -0.404. The standard InChI is InChI=1S/C6H9FO2/c7-3-4-1-2-5(8)6(4)9/h3,5-6,8-9H,1-2H2. The first-order valence-corrected chi connectivity index (χ1v) is 2.91. The second-order valence-electron chi connectivity index (χ2n) is 2.23. The topological polar surface area (TPSA) is 40.5 Å². The number of aliphatic hydroxyl groups excluding tert-OH is 2. The van der Waals surface area contributed by atoms with E-state index in [9.17, 15) is 4.39 Å². The van der Waals surface area contributed by atoms with E-state index in [0.717, 1.165) is 0 Å². The summed E-state index contributed by atoms with van der Waals surface area (Å²) in [5.41, 5.74) is 0.308. The average molecular weight is 132 g/mol. The lowest BCUT2D eigenvalue weighted by atomic mass is 10.2. The SMILES string of the molecule is OC1CCC(=CF)C1O. The molecule has 0 aromatic rings. The fourth-order valence-electron chi connectivity index (χ4n) is 0.987. The van der Waals surface area contributed by atoms with Crippen LogP contribution in [-0.2, 0) is 0 Å². The minimum Gasteiger partial charge on any atom is -0.390 e. The van der Waals surface area contributed by atoms with Gasteiger partial charge in [-0.1, -0.05) is 0 Å². The van der Waals surface area contributed by atoms with Gasteiger partial charge < -0.3 is 10.2 Å². The van der Waals surface area contributed by atoms with Crippen LogP contribution in [0.15, 0.2) is 11.9 Å². The van der Waals surface area contributed by atoms with Crippen LogP contribution in [0.3, 0.4) is 0 Å². The van der Waals surface area contributed by atoms with E-state index in [-0.39, 0.29) is 0 Å². The largest absolute Gasteiger partial charge is 0.390 e. The first kappa shape index (κ1) is 6.71. The van der Waals surface area contributed by atoms with Crippen molar-refractivity contribution in [1.29, 1.82) is 0 Å². The van der Waals surface area contributed by atoms with Gasteiger partial charge in [0.2, 0.25) is 0 Å². The van der Waals surface area contributed by atoms with Crippen LogP contribution in [0.5, 0.6) is 0 Å². The normalized spacial score (nSPS) is 40.1. The molecule has 3 heteroatoms. The third-order valence-electron chi connectivity index (χ3n) is 1.61. The lowest BCUT2D eigenvalue weighted by Gasteiger charge is -2.05. The van der Waals surface area contributed by atoms with Crippen LogP contribution in [0.1, 0.15) is 12.8 Å². The zero-order valence-electron chi connectivity index (χ0n) is 4.92. The highest BCUT2D eigenvalue weighted by molar-refractivity contribution is 5.12. The van der Waals surface area contributed by atoms with E-state index < -0.39 is 12.2 Å². The van der Waals surface area contributed by atoms with Gasteiger partial charge in [0.25, 0.3) is 0 Å². The molecule has 1 aliphatic carbocycles. The van der Waals surface area contributed by atoms with Gasteiger partial charge in [-0.05, 0) is 18.4 Å². The Balaban J connectivity index is 2.62. The van der Waals surface area contributed by atoms with E-state index in [4.69, 9.17) is 10.2 Å². The summed E-state index contributed by atoms with van der Waals surface area (Å²) in [6, 6.07) is 0. The van der Waals surface area contributed by atoms with Gasteiger partial charge in [-0.2, -0.15) is 0 Å². The number of hydrogen-bond acceptors (Lipinski definition) is 2. The lowest BCUT2D eigenvalue weighted by molar-refractivity contribution is 0.0597. The summed E-state index contributed by atoms with van der Waals surface area (Å²) in [5.74, 6) is 0. The molecule has 1 saturated carbocycles. The molecule has 2 unspecified atom stereocenters. The molecule has 0 saturated heterocycles. The van der Waals surface area contributed by atoms with Crippen LogP contribution in [-0.4, -0.2) is 22.4 Å². The maximum atomic E-state index is 11.7. The molecule has 2 nitrogen and oxygen atoms in total. The second-order valence-corrected chi connectivity index (χ2v) is 2.23. The zero-order valence-corrected chi connectivity index (χ0v) is 4.92. The highest BCUT2D eigenvalue weighted by Gasteiger charge is 2.27. The van der Waals surface area contributed by atoms with E-state index in [1.54, 1.807) is 0 Å². The zero-order chi connectivity index (χ0) is 6.85. The highest BCUT2D eigenvalue weighted by Crippen LogP contribution is 2.24. The monoisotopic (exact) mass is 132 g/mol. The van der Waals surface area contributed by atoms with E-state index in [0.29, 0.717) is 24.7 Å². The van der Waals surface area contributed by atoms with Gasteiger partial charge >= 0.3 is 0 Å². The number of halogens is 1. The summed E-state index contributed by atoms with van der Waals surface area (Å²) in [6.45, 7) is 0. The van der Waals surface area contributed by atoms with Crippen molar-refractivity contribution in [3.63, 3.8) is 0 Å². The summed E-state index contributed by atoms with van der Waals surface area (Å²) in [5, 5.41) is 17.7. The minimum absolute atomic E-state index is 0.308. The summed E-state index contributed by atoms with van der Waals surface area (Å²) < 4.78 is 11.7. The van der Waals surface area contributed by atoms with Crippen molar-refractivity contribution < 1.29 is 14.6 Å². The molecule has 2 atom stereocenters. The van der Waals surface area contributed by atoms with Crippen LogP contribution >= 0.6 is 0 Å². The molecule has 1 rings (SSSR count). The third kappa shape index (κ3) is 1.11. The molecular weight excluding hydrogens is 123 g/mol. The molecule has 0 aromatic carbocycles. The van der Waals surface area contributed by atoms with Crippen molar-refractivity contribution in [2.45, 2.75) is 25.0 Å². The van der Waals surface area contributed by atoms with Gasteiger partial charge in [0, 0.05) is 0 Å². The Bertz CT molecular complexity index is 133. The van der Waals surface area contributed by atoms with Gasteiger partial charge in [-0.25, -0.2) is 4.39 Å². The first-order chi connectivity index (χ1) is 4.25. The van der Waals surface area contributed by atoms with Crippen molar-refractivity contribution >= 4 is 0 Å². The maximum absolute atomic E-state index is 11.7. The van der Waals surface area contributed by atoms with Crippen LogP contribution in [0.2, 0.25) is 0 Å². The quantitative estimate of drug-likeness (QED) is 0.499. The maximum Gasteiger partial charge on any atom is 0.103 e.